The molecule has 0 bridgehead atoms. The molecule has 0 radical (unpaired) electrons. The fourth-order valence-electron chi connectivity index (χ4n) is 4.08. The summed E-state index contributed by atoms with van der Waals surface area (Å²) in [5.41, 5.74) is 1.29. The lowest BCUT2D eigenvalue weighted by atomic mass is 9.74. The molecule has 0 aromatic carbocycles. The summed E-state index contributed by atoms with van der Waals surface area (Å²) >= 11 is 0. The van der Waals surface area contributed by atoms with Gasteiger partial charge in [-0.2, -0.15) is 0 Å². The minimum atomic E-state index is -1.10. The molecule has 2 N–H and O–H groups in total. The van der Waals surface area contributed by atoms with Crippen LogP contribution in [-0.2, 0) is 9.53 Å². The van der Waals surface area contributed by atoms with Gasteiger partial charge in [-0.15, -0.1) is 0 Å². The van der Waals surface area contributed by atoms with E-state index < -0.39 is 12.2 Å². The molecule has 4 nitrogen and oxygen atoms in total. The number of fused-ring (bicyclic) bond motifs is 1. The highest BCUT2D eigenvalue weighted by atomic mass is 16.5. The molecule has 0 aromatic heterocycles. The molecule has 1 heterocycles. The van der Waals surface area contributed by atoms with Gasteiger partial charge in [0.25, 0.3) is 0 Å². The van der Waals surface area contributed by atoms with Gasteiger partial charge in [-0.3, -0.25) is 4.79 Å². The van der Waals surface area contributed by atoms with E-state index in [0.29, 0.717) is 23.7 Å². The molecule has 5 atom stereocenters. The first-order valence-electron chi connectivity index (χ1n) is 7.31. The number of aliphatic hydroxyl groups is 2. The fraction of sp³-hybridized carbons (Fsp3) is 0.688. The van der Waals surface area contributed by atoms with Crippen LogP contribution >= 0.6 is 0 Å². The Balaban J connectivity index is 1.99. The molecule has 20 heavy (non-hydrogen) atoms. The minimum Gasteiger partial charge on any atom is -0.488 e. The van der Waals surface area contributed by atoms with Crippen LogP contribution in [0.25, 0.3) is 0 Å². The average molecular weight is 278 g/mol. The number of hydrogen-bond donors (Lipinski definition) is 2. The van der Waals surface area contributed by atoms with Crippen LogP contribution in [0.15, 0.2) is 23.5 Å². The van der Waals surface area contributed by atoms with Gasteiger partial charge in [-0.25, -0.2) is 0 Å². The summed E-state index contributed by atoms with van der Waals surface area (Å²) in [7, 11) is 0. The number of ketones is 1. The predicted molar refractivity (Wildman–Crippen MR) is 73.8 cm³/mol. The van der Waals surface area contributed by atoms with Crippen LogP contribution < -0.4 is 0 Å². The average Bonchev–Trinajstić information content (AvgIpc) is 2.71. The molecule has 0 spiro atoms. The van der Waals surface area contributed by atoms with Gasteiger partial charge in [-0.1, -0.05) is 12.2 Å². The van der Waals surface area contributed by atoms with Gasteiger partial charge in [0, 0.05) is 17.9 Å². The molecule has 0 unspecified atom stereocenters. The van der Waals surface area contributed by atoms with E-state index in [0.717, 1.165) is 18.4 Å². The molecular weight excluding hydrogens is 256 g/mol. The van der Waals surface area contributed by atoms with E-state index in [1.54, 1.807) is 0 Å². The summed E-state index contributed by atoms with van der Waals surface area (Å²) in [6.07, 6.45) is 0.582. The maximum Gasteiger partial charge on any atom is 0.190 e. The van der Waals surface area contributed by atoms with Crippen molar-refractivity contribution in [2.75, 3.05) is 0 Å². The highest BCUT2D eigenvalue weighted by molar-refractivity contribution is 6.00. The molecule has 3 rings (SSSR count). The van der Waals surface area contributed by atoms with Crippen molar-refractivity contribution in [2.24, 2.45) is 11.8 Å². The SMILES string of the molecule is C=C(C)[C@@H]1CC[C@]2(C)OC3=C(C[C@H]12)C(=O)[C@@H](O)C[C@@H]3O. The minimum absolute atomic E-state index is 0.0440. The number of aliphatic hydroxyl groups excluding tert-OH is 2. The summed E-state index contributed by atoms with van der Waals surface area (Å²) in [5, 5.41) is 19.8. The van der Waals surface area contributed by atoms with E-state index >= 15 is 0 Å². The summed E-state index contributed by atoms with van der Waals surface area (Å²) in [6.45, 7) is 8.14. The fourth-order valence-corrected chi connectivity index (χ4v) is 4.08. The maximum absolute atomic E-state index is 12.2. The Labute approximate surface area is 119 Å². The van der Waals surface area contributed by atoms with Crippen molar-refractivity contribution in [2.45, 2.75) is 57.3 Å². The summed E-state index contributed by atoms with van der Waals surface area (Å²) in [4.78, 5) is 12.2. The van der Waals surface area contributed by atoms with Crippen molar-refractivity contribution < 1.29 is 19.7 Å². The summed E-state index contributed by atoms with van der Waals surface area (Å²) in [6, 6.07) is 0. The van der Waals surface area contributed by atoms with Crippen molar-refractivity contribution in [1.82, 2.24) is 0 Å². The quantitative estimate of drug-likeness (QED) is 0.717. The highest BCUT2D eigenvalue weighted by Gasteiger charge is 2.53. The van der Waals surface area contributed by atoms with Gasteiger partial charge in [0.1, 0.15) is 23.6 Å². The third kappa shape index (κ3) is 1.85. The maximum atomic E-state index is 12.2. The standard InChI is InChI=1S/C16H22O4/c1-8(2)9-4-5-16(3)11(9)6-10-14(19)12(17)7-13(18)15(10)20-16/h9,11-13,17-18H,1,4-7H2,2-3H3/t9-,11+,12-,13-,16-/m0/s1. The molecule has 2 aliphatic carbocycles. The van der Waals surface area contributed by atoms with Crippen molar-refractivity contribution >= 4 is 5.78 Å². The van der Waals surface area contributed by atoms with Gasteiger partial charge >= 0.3 is 0 Å². The molecule has 3 aliphatic rings. The number of Topliss-reactive ketones (excluding diaryl/α,β-unsaturated/α-hetero) is 1. The lowest BCUT2D eigenvalue weighted by Gasteiger charge is -2.44. The largest absolute Gasteiger partial charge is 0.488 e. The van der Waals surface area contributed by atoms with E-state index in [9.17, 15) is 15.0 Å². The van der Waals surface area contributed by atoms with Gasteiger partial charge < -0.3 is 14.9 Å². The first-order valence-corrected chi connectivity index (χ1v) is 7.31. The normalized spacial score (nSPS) is 43.9. The Kier molecular flexibility index (Phi) is 3.07. The number of rotatable bonds is 1. The number of ether oxygens (including phenoxy) is 1. The van der Waals surface area contributed by atoms with Crippen LogP contribution in [-0.4, -0.2) is 33.8 Å². The summed E-state index contributed by atoms with van der Waals surface area (Å²) < 4.78 is 6.07. The Hall–Kier alpha value is -1.13. The molecule has 0 aromatic rings. The first kappa shape index (κ1) is 13.8. The number of allylic oxidation sites excluding steroid dienone is 1. The van der Waals surface area contributed by atoms with Gasteiger partial charge in [0.05, 0.1) is 0 Å². The van der Waals surface area contributed by atoms with Crippen LogP contribution in [0.4, 0.5) is 0 Å². The van der Waals surface area contributed by atoms with Gasteiger partial charge in [0.15, 0.2) is 5.78 Å². The number of hydrogen-bond acceptors (Lipinski definition) is 4. The van der Waals surface area contributed by atoms with Crippen molar-refractivity contribution in [1.29, 1.82) is 0 Å². The third-order valence-electron chi connectivity index (χ3n) is 5.27. The molecule has 110 valence electrons. The zero-order chi connectivity index (χ0) is 14.7. The molecular formula is C16H22O4. The van der Waals surface area contributed by atoms with E-state index in [4.69, 9.17) is 4.74 Å². The lowest BCUT2D eigenvalue weighted by molar-refractivity contribution is -0.133. The van der Waals surface area contributed by atoms with Crippen LogP contribution in [0.3, 0.4) is 0 Å². The first-order chi connectivity index (χ1) is 9.33. The molecule has 0 amide bonds. The lowest BCUT2D eigenvalue weighted by Crippen LogP contribution is -2.47. The monoisotopic (exact) mass is 278 g/mol. The van der Waals surface area contributed by atoms with E-state index in [1.807, 2.05) is 6.92 Å². The predicted octanol–water partition coefficient (Wildman–Crippen LogP) is 1.72. The molecule has 4 heteroatoms. The van der Waals surface area contributed by atoms with E-state index in [1.165, 1.54) is 0 Å². The van der Waals surface area contributed by atoms with Crippen LogP contribution in [0.1, 0.15) is 39.5 Å². The van der Waals surface area contributed by atoms with Gasteiger partial charge in [0.2, 0.25) is 0 Å². The van der Waals surface area contributed by atoms with E-state index in [-0.39, 0.29) is 23.7 Å². The second-order valence-corrected chi connectivity index (χ2v) is 6.69. The Morgan fingerprint density at radius 2 is 2.10 bits per heavy atom. The van der Waals surface area contributed by atoms with E-state index in [2.05, 4.69) is 13.5 Å². The Morgan fingerprint density at radius 3 is 2.75 bits per heavy atom. The molecule has 1 saturated carbocycles. The molecule has 1 fully saturated rings. The van der Waals surface area contributed by atoms with Gasteiger partial charge in [-0.05, 0) is 39.0 Å². The topological polar surface area (TPSA) is 66.8 Å². The Bertz CT molecular complexity index is 507. The smallest absolute Gasteiger partial charge is 0.190 e. The van der Waals surface area contributed by atoms with Crippen molar-refractivity contribution in [3.8, 4) is 0 Å². The summed E-state index contributed by atoms with van der Waals surface area (Å²) in [5.74, 6) is 0.680. The van der Waals surface area contributed by atoms with Crippen LogP contribution in [0.5, 0.6) is 0 Å². The van der Waals surface area contributed by atoms with Crippen LogP contribution in [0.2, 0.25) is 0 Å². The third-order valence-corrected chi connectivity index (χ3v) is 5.27. The van der Waals surface area contributed by atoms with Crippen molar-refractivity contribution in [3.63, 3.8) is 0 Å². The zero-order valence-corrected chi connectivity index (χ0v) is 12.1. The second kappa shape index (κ2) is 4.43. The number of carbonyl (C=O) groups is 1. The van der Waals surface area contributed by atoms with Crippen LogP contribution in [0, 0.1) is 11.8 Å². The molecule has 1 aliphatic heterocycles. The Morgan fingerprint density at radius 1 is 1.40 bits per heavy atom. The molecule has 0 saturated heterocycles. The number of carbonyl (C=O) groups excluding carboxylic acids is 1. The highest BCUT2D eigenvalue weighted by Crippen LogP contribution is 2.53. The second-order valence-electron chi connectivity index (χ2n) is 6.69. The van der Waals surface area contributed by atoms with Crippen molar-refractivity contribution in [3.05, 3.63) is 23.5 Å². The zero-order valence-electron chi connectivity index (χ0n) is 12.1.